The third-order valence-electron chi connectivity index (χ3n) is 3.47. The lowest BCUT2D eigenvalue weighted by molar-refractivity contribution is 0.0785. The Labute approximate surface area is 134 Å². The van der Waals surface area contributed by atoms with Crippen molar-refractivity contribution in [2.75, 3.05) is 0 Å². The minimum atomic E-state index is -0.927. The molecule has 5 heteroatoms. The fourth-order valence-corrected chi connectivity index (χ4v) is 2.48. The van der Waals surface area contributed by atoms with E-state index < -0.39 is 5.60 Å². The summed E-state index contributed by atoms with van der Waals surface area (Å²) in [6, 6.07) is 9.03. The zero-order chi connectivity index (χ0) is 16.5. The lowest BCUT2D eigenvalue weighted by Crippen LogP contribution is -2.26. The van der Waals surface area contributed by atoms with Gasteiger partial charge in [0.05, 0.1) is 16.2 Å². The second-order valence-electron chi connectivity index (χ2n) is 5.86. The van der Waals surface area contributed by atoms with Crippen LogP contribution >= 0.6 is 11.6 Å². The molecule has 0 bridgehead atoms. The number of nitrogens with zero attached hydrogens (tertiary/aromatic N) is 1. The van der Waals surface area contributed by atoms with Crippen molar-refractivity contribution in [3.63, 3.8) is 0 Å². The number of nitrogens with one attached hydrogen (secondary N) is 1. The van der Waals surface area contributed by atoms with Crippen LogP contribution in [0.2, 0.25) is 5.02 Å². The monoisotopic (exact) mass is 318 g/mol. The normalized spacial score (nSPS) is 11.5. The van der Waals surface area contributed by atoms with Gasteiger partial charge in [-0.3, -0.25) is 10.2 Å². The Bertz CT molecular complexity index is 773. The Morgan fingerprint density at radius 3 is 2.64 bits per heavy atom. The van der Waals surface area contributed by atoms with E-state index in [1.165, 1.54) is 13.0 Å². The van der Waals surface area contributed by atoms with Crippen LogP contribution in [0.25, 0.3) is 0 Å². The fraction of sp³-hybridized carbons (Fsp3) is 0.294. The standard InChI is InChI=1S/C17H19ClN2O2/c1-11(21)15-8-14(18)10-20(16(15)19)9-12-5-4-6-13(7-12)17(2,3)22/h4-8,10,19,22H,9H2,1-3H3. The minimum absolute atomic E-state index is 0.130. The zero-order valence-corrected chi connectivity index (χ0v) is 13.6. The Hall–Kier alpha value is -1.91. The van der Waals surface area contributed by atoms with Gasteiger partial charge in [0, 0.05) is 12.7 Å². The molecule has 22 heavy (non-hydrogen) atoms. The molecule has 116 valence electrons. The van der Waals surface area contributed by atoms with Crippen molar-refractivity contribution in [1.29, 1.82) is 5.41 Å². The molecule has 0 saturated heterocycles. The first kappa shape index (κ1) is 16.5. The van der Waals surface area contributed by atoms with Crippen molar-refractivity contribution in [3.8, 4) is 0 Å². The van der Waals surface area contributed by atoms with Gasteiger partial charge in [-0.1, -0.05) is 35.9 Å². The second kappa shape index (κ2) is 6.07. The summed E-state index contributed by atoms with van der Waals surface area (Å²) in [5.74, 6) is -0.188. The van der Waals surface area contributed by atoms with E-state index in [0.717, 1.165) is 11.1 Å². The smallest absolute Gasteiger partial charge is 0.163 e. The van der Waals surface area contributed by atoms with E-state index >= 15 is 0 Å². The van der Waals surface area contributed by atoms with Crippen LogP contribution in [0, 0.1) is 5.41 Å². The van der Waals surface area contributed by atoms with E-state index in [2.05, 4.69) is 0 Å². The van der Waals surface area contributed by atoms with Crippen LogP contribution < -0.4 is 5.49 Å². The summed E-state index contributed by atoms with van der Waals surface area (Å²) in [5, 5.41) is 18.6. The molecule has 1 heterocycles. The quantitative estimate of drug-likeness (QED) is 0.851. The van der Waals surface area contributed by atoms with Crippen LogP contribution in [-0.2, 0) is 12.1 Å². The van der Waals surface area contributed by atoms with E-state index in [1.807, 2.05) is 24.3 Å². The summed E-state index contributed by atoms with van der Waals surface area (Å²) < 4.78 is 1.63. The number of benzene rings is 1. The molecule has 1 aromatic heterocycles. The maximum Gasteiger partial charge on any atom is 0.163 e. The van der Waals surface area contributed by atoms with Crippen LogP contribution in [0.1, 0.15) is 42.3 Å². The molecular weight excluding hydrogens is 300 g/mol. The number of hydrogen-bond donors (Lipinski definition) is 2. The van der Waals surface area contributed by atoms with Crippen LogP contribution in [0.3, 0.4) is 0 Å². The van der Waals surface area contributed by atoms with E-state index in [1.54, 1.807) is 24.6 Å². The van der Waals surface area contributed by atoms with E-state index in [9.17, 15) is 9.90 Å². The van der Waals surface area contributed by atoms with Crippen LogP contribution in [-0.4, -0.2) is 15.5 Å². The average Bonchev–Trinajstić information content (AvgIpc) is 2.41. The number of pyridine rings is 1. The molecule has 2 aromatic rings. The lowest BCUT2D eigenvalue weighted by atomic mass is 9.96. The van der Waals surface area contributed by atoms with Crippen molar-refractivity contribution < 1.29 is 9.90 Å². The van der Waals surface area contributed by atoms with Gasteiger partial charge >= 0.3 is 0 Å². The van der Waals surface area contributed by atoms with Crippen LogP contribution in [0.15, 0.2) is 36.5 Å². The predicted octanol–water partition coefficient (Wildman–Crippen LogP) is 3.10. The topological polar surface area (TPSA) is 66.1 Å². The molecule has 0 amide bonds. The van der Waals surface area contributed by atoms with Gasteiger partial charge in [0.15, 0.2) is 5.78 Å². The first-order chi connectivity index (χ1) is 10.2. The molecule has 1 aromatic carbocycles. The molecule has 2 rings (SSSR count). The van der Waals surface area contributed by atoms with Crippen molar-refractivity contribution in [2.45, 2.75) is 32.9 Å². The van der Waals surface area contributed by atoms with Crippen LogP contribution in [0.5, 0.6) is 0 Å². The van der Waals surface area contributed by atoms with E-state index in [4.69, 9.17) is 17.0 Å². The van der Waals surface area contributed by atoms with Gasteiger partial charge in [0.1, 0.15) is 5.49 Å². The maximum absolute atomic E-state index is 11.6. The number of hydrogen-bond acceptors (Lipinski definition) is 3. The summed E-state index contributed by atoms with van der Waals surface area (Å²) in [6.07, 6.45) is 1.63. The number of carbonyl (C=O) groups excluding carboxylic acids is 1. The molecular formula is C17H19ClN2O2. The molecule has 0 saturated carbocycles. The van der Waals surface area contributed by atoms with Gasteiger partial charge in [0.25, 0.3) is 0 Å². The van der Waals surface area contributed by atoms with E-state index in [-0.39, 0.29) is 11.3 Å². The predicted molar refractivity (Wildman–Crippen MR) is 86.1 cm³/mol. The molecule has 0 atom stereocenters. The highest BCUT2D eigenvalue weighted by atomic mass is 35.5. The SMILES string of the molecule is CC(=O)c1cc(Cl)cn(Cc2cccc(C(C)(C)O)c2)c1=N. The molecule has 0 aliphatic carbocycles. The van der Waals surface area contributed by atoms with Gasteiger partial charge in [-0.25, -0.2) is 0 Å². The first-order valence-electron chi connectivity index (χ1n) is 6.96. The van der Waals surface area contributed by atoms with Crippen molar-refractivity contribution in [2.24, 2.45) is 0 Å². The highest BCUT2D eigenvalue weighted by molar-refractivity contribution is 6.30. The number of halogens is 1. The molecule has 0 radical (unpaired) electrons. The number of ketones is 1. The van der Waals surface area contributed by atoms with Crippen molar-refractivity contribution >= 4 is 17.4 Å². The van der Waals surface area contributed by atoms with Gasteiger partial charge in [0.2, 0.25) is 0 Å². The zero-order valence-electron chi connectivity index (χ0n) is 12.9. The number of rotatable bonds is 4. The van der Waals surface area contributed by atoms with Crippen molar-refractivity contribution in [3.05, 3.63) is 63.7 Å². The third-order valence-corrected chi connectivity index (χ3v) is 3.68. The minimum Gasteiger partial charge on any atom is -0.386 e. The summed E-state index contributed by atoms with van der Waals surface area (Å²) >= 11 is 6.04. The summed E-state index contributed by atoms with van der Waals surface area (Å²) in [7, 11) is 0. The number of Topliss-reactive ketones (excluding diaryl/α,β-unsaturated/α-hetero) is 1. The van der Waals surface area contributed by atoms with Gasteiger partial charge < -0.3 is 9.67 Å². The number of aliphatic hydroxyl groups is 1. The van der Waals surface area contributed by atoms with Gasteiger partial charge in [-0.05, 0) is 38.0 Å². The first-order valence-corrected chi connectivity index (χ1v) is 7.33. The third kappa shape index (κ3) is 3.64. The molecule has 4 nitrogen and oxygen atoms in total. The Morgan fingerprint density at radius 1 is 1.36 bits per heavy atom. The number of carbonyl (C=O) groups is 1. The Balaban J connectivity index is 2.44. The highest BCUT2D eigenvalue weighted by Gasteiger charge is 2.16. The Kier molecular flexibility index (Phi) is 4.54. The molecule has 0 aliphatic heterocycles. The fourth-order valence-electron chi connectivity index (χ4n) is 2.25. The largest absolute Gasteiger partial charge is 0.386 e. The molecule has 0 fully saturated rings. The van der Waals surface area contributed by atoms with Crippen molar-refractivity contribution in [1.82, 2.24) is 4.57 Å². The summed E-state index contributed by atoms with van der Waals surface area (Å²) in [6.45, 7) is 5.28. The Morgan fingerprint density at radius 2 is 2.05 bits per heavy atom. The molecule has 2 N–H and O–H groups in total. The highest BCUT2D eigenvalue weighted by Crippen LogP contribution is 2.21. The summed E-state index contributed by atoms with van der Waals surface area (Å²) in [4.78, 5) is 11.6. The lowest BCUT2D eigenvalue weighted by Gasteiger charge is -2.19. The van der Waals surface area contributed by atoms with Gasteiger partial charge in [-0.15, -0.1) is 0 Å². The molecule has 0 aliphatic rings. The maximum atomic E-state index is 11.6. The number of aromatic nitrogens is 1. The van der Waals surface area contributed by atoms with E-state index in [0.29, 0.717) is 17.1 Å². The summed E-state index contributed by atoms with van der Waals surface area (Å²) in [5.41, 5.74) is 1.22. The molecule has 0 spiro atoms. The molecule has 0 unspecified atom stereocenters. The average molecular weight is 319 g/mol. The second-order valence-corrected chi connectivity index (χ2v) is 6.30. The van der Waals surface area contributed by atoms with Crippen LogP contribution in [0.4, 0.5) is 0 Å². The van der Waals surface area contributed by atoms with Gasteiger partial charge in [-0.2, -0.15) is 0 Å².